The highest BCUT2D eigenvalue weighted by Crippen LogP contribution is 2.19. The molecule has 4 N–H and O–H groups in total. The molecule has 1 amide bonds. The topological polar surface area (TPSA) is 74.2 Å². The van der Waals surface area contributed by atoms with E-state index in [4.69, 9.17) is 5.73 Å². The molecule has 1 aliphatic heterocycles. The molecule has 0 saturated carbocycles. The predicted molar refractivity (Wildman–Crippen MR) is 79.4 cm³/mol. The van der Waals surface area contributed by atoms with Gasteiger partial charge in [0.05, 0.1) is 6.04 Å². The Balaban J connectivity index is 1.71. The lowest BCUT2D eigenvalue weighted by atomic mass is 10.0. The van der Waals surface area contributed by atoms with Crippen molar-refractivity contribution in [3.05, 3.63) is 36.0 Å². The lowest BCUT2D eigenvalue weighted by molar-refractivity contribution is -0.133. The van der Waals surface area contributed by atoms with E-state index in [1.807, 2.05) is 29.3 Å². The van der Waals surface area contributed by atoms with Crippen LogP contribution in [-0.4, -0.2) is 48.0 Å². The smallest absolute Gasteiger partial charge is 0.239 e. The van der Waals surface area contributed by atoms with Crippen molar-refractivity contribution in [2.24, 2.45) is 5.73 Å². The van der Waals surface area contributed by atoms with Gasteiger partial charge in [-0.3, -0.25) is 4.79 Å². The van der Waals surface area contributed by atoms with Gasteiger partial charge in [-0.15, -0.1) is 0 Å². The Labute approximate surface area is 118 Å². The number of carbonyl (C=O) groups excluding carboxylic acids is 1. The van der Waals surface area contributed by atoms with Crippen LogP contribution in [0.5, 0.6) is 0 Å². The summed E-state index contributed by atoms with van der Waals surface area (Å²) in [6.07, 6.45) is 2.53. The highest BCUT2D eigenvalue weighted by molar-refractivity contribution is 5.86. The molecule has 0 radical (unpaired) electrons. The average molecular weight is 272 g/mol. The quantitative estimate of drug-likeness (QED) is 0.760. The van der Waals surface area contributed by atoms with Crippen LogP contribution in [0.25, 0.3) is 10.9 Å². The zero-order valence-corrected chi connectivity index (χ0v) is 11.4. The monoisotopic (exact) mass is 272 g/mol. The number of amides is 1. The minimum absolute atomic E-state index is 0.0526. The number of rotatable bonds is 3. The van der Waals surface area contributed by atoms with Crippen molar-refractivity contribution in [2.45, 2.75) is 12.5 Å². The summed E-state index contributed by atoms with van der Waals surface area (Å²) in [6, 6.07) is 7.62. The number of fused-ring (bicyclic) bond motifs is 1. The summed E-state index contributed by atoms with van der Waals surface area (Å²) in [4.78, 5) is 17.4. The van der Waals surface area contributed by atoms with Crippen LogP contribution in [0, 0.1) is 0 Å². The lowest BCUT2D eigenvalue weighted by Gasteiger charge is -2.29. The normalized spacial score (nSPS) is 17.4. The van der Waals surface area contributed by atoms with E-state index < -0.39 is 6.04 Å². The van der Waals surface area contributed by atoms with Gasteiger partial charge < -0.3 is 20.9 Å². The van der Waals surface area contributed by atoms with Gasteiger partial charge in [0.2, 0.25) is 5.91 Å². The van der Waals surface area contributed by atoms with Gasteiger partial charge in [-0.1, -0.05) is 18.2 Å². The highest BCUT2D eigenvalue weighted by atomic mass is 16.2. The molecule has 0 aliphatic carbocycles. The summed E-state index contributed by atoms with van der Waals surface area (Å²) in [5, 5.41) is 4.39. The molecule has 5 nitrogen and oxygen atoms in total. The van der Waals surface area contributed by atoms with Crippen molar-refractivity contribution in [2.75, 3.05) is 26.2 Å². The van der Waals surface area contributed by atoms with Crippen molar-refractivity contribution in [1.82, 2.24) is 15.2 Å². The second-order valence-corrected chi connectivity index (χ2v) is 5.25. The van der Waals surface area contributed by atoms with E-state index in [1.54, 1.807) is 0 Å². The van der Waals surface area contributed by atoms with E-state index in [0.717, 1.165) is 42.6 Å². The number of hydrogen-bond acceptors (Lipinski definition) is 3. The zero-order valence-electron chi connectivity index (χ0n) is 11.4. The first kappa shape index (κ1) is 13.1. The first-order valence-corrected chi connectivity index (χ1v) is 7.06. The van der Waals surface area contributed by atoms with Crippen molar-refractivity contribution in [3.63, 3.8) is 0 Å². The standard InChI is InChI=1S/C15H20N4O/c16-13(15(20)19-7-5-17-6-8-19)9-11-10-18-14-4-2-1-3-12(11)14/h1-4,10,13,17-18H,5-9,16H2/t13-/m0/s1. The number of benzene rings is 1. The molecule has 0 spiro atoms. The van der Waals surface area contributed by atoms with Crippen molar-refractivity contribution < 1.29 is 4.79 Å². The van der Waals surface area contributed by atoms with E-state index in [1.165, 1.54) is 0 Å². The molecule has 1 saturated heterocycles. The van der Waals surface area contributed by atoms with Gasteiger partial charge in [-0.05, 0) is 18.1 Å². The molecule has 2 heterocycles. The largest absolute Gasteiger partial charge is 0.361 e. The maximum atomic E-state index is 12.3. The molecule has 1 aromatic heterocycles. The third-order valence-electron chi connectivity index (χ3n) is 3.86. The number of aromatic nitrogens is 1. The van der Waals surface area contributed by atoms with Gasteiger partial charge >= 0.3 is 0 Å². The predicted octanol–water partition coefficient (Wildman–Crippen LogP) is 0.470. The van der Waals surface area contributed by atoms with Crippen LogP contribution in [-0.2, 0) is 11.2 Å². The summed E-state index contributed by atoms with van der Waals surface area (Å²) in [6.45, 7) is 3.21. The van der Waals surface area contributed by atoms with Crippen LogP contribution in [0.15, 0.2) is 30.5 Å². The molecule has 3 rings (SSSR count). The zero-order chi connectivity index (χ0) is 13.9. The molecule has 0 unspecified atom stereocenters. The van der Waals surface area contributed by atoms with Crippen LogP contribution in [0.4, 0.5) is 0 Å². The Morgan fingerprint density at radius 2 is 2.05 bits per heavy atom. The van der Waals surface area contributed by atoms with E-state index in [-0.39, 0.29) is 5.91 Å². The number of para-hydroxylation sites is 1. The number of H-pyrrole nitrogens is 1. The summed E-state index contributed by atoms with van der Waals surface area (Å²) in [5.74, 6) is 0.0526. The second-order valence-electron chi connectivity index (χ2n) is 5.25. The van der Waals surface area contributed by atoms with Crippen LogP contribution < -0.4 is 11.1 Å². The minimum Gasteiger partial charge on any atom is -0.361 e. The van der Waals surface area contributed by atoms with E-state index in [0.29, 0.717) is 6.42 Å². The van der Waals surface area contributed by atoms with Gasteiger partial charge in [-0.25, -0.2) is 0 Å². The third-order valence-corrected chi connectivity index (χ3v) is 3.86. The number of piperazine rings is 1. The fraction of sp³-hybridized carbons (Fsp3) is 0.400. The molecule has 2 aromatic rings. The molecular formula is C15H20N4O. The maximum absolute atomic E-state index is 12.3. The SMILES string of the molecule is N[C@@H](Cc1c[nH]c2ccccc12)C(=O)N1CCNCC1. The molecule has 1 aromatic carbocycles. The van der Waals surface area contributed by atoms with Gasteiger partial charge in [0.25, 0.3) is 0 Å². The van der Waals surface area contributed by atoms with Gasteiger partial charge in [0, 0.05) is 43.3 Å². The van der Waals surface area contributed by atoms with Crippen molar-refractivity contribution in [3.8, 4) is 0 Å². The maximum Gasteiger partial charge on any atom is 0.239 e. The highest BCUT2D eigenvalue weighted by Gasteiger charge is 2.23. The number of hydrogen-bond donors (Lipinski definition) is 3. The van der Waals surface area contributed by atoms with E-state index >= 15 is 0 Å². The van der Waals surface area contributed by atoms with Gasteiger partial charge in [-0.2, -0.15) is 0 Å². The number of aromatic amines is 1. The van der Waals surface area contributed by atoms with Crippen LogP contribution in [0.2, 0.25) is 0 Å². The molecule has 5 heteroatoms. The Hall–Kier alpha value is -1.85. The summed E-state index contributed by atoms with van der Waals surface area (Å²) in [7, 11) is 0. The molecule has 106 valence electrons. The molecule has 20 heavy (non-hydrogen) atoms. The molecule has 0 bridgehead atoms. The van der Waals surface area contributed by atoms with Crippen molar-refractivity contribution in [1.29, 1.82) is 0 Å². The summed E-state index contributed by atoms with van der Waals surface area (Å²) < 4.78 is 0. The minimum atomic E-state index is -0.465. The fourth-order valence-electron chi connectivity index (χ4n) is 2.74. The molecular weight excluding hydrogens is 252 g/mol. The Kier molecular flexibility index (Phi) is 3.71. The van der Waals surface area contributed by atoms with Gasteiger partial charge in [0.15, 0.2) is 0 Å². The second kappa shape index (κ2) is 5.64. The van der Waals surface area contributed by atoms with Gasteiger partial charge in [0.1, 0.15) is 0 Å². The van der Waals surface area contributed by atoms with Crippen LogP contribution >= 0.6 is 0 Å². The summed E-state index contributed by atoms with van der Waals surface area (Å²) >= 11 is 0. The Bertz CT molecular complexity index is 601. The van der Waals surface area contributed by atoms with E-state index in [2.05, 4.69) is 16.4 Å². The van der Waals surface area contributed by atoms with E-state index in [9.17, 15) is 4.79 Å². The Morgan fingerprint density at radius 1 is 1.30 bits per heavy atom. The third kappa shape index (κ3) is 2.55. The average Bonchev–Trinajstić information content (AvgIpc) is 2.91. The first-order valence-electron chi connectivity index (χ1n) is 7.06. The van der Waals surface area contributed by atoms with Crippen molar-refractivity contribution >= 4 is 16.8 Å². The molecule has 1 aliphatic rings. The number of carbonyl (C=O) groups is 1. The fourth-order valence-corrected chi connectivity index (χ4v) is 2.74. The number of nitrogens with one attached hydrogen (secondary N) is 2. The molecule has 1 atom stereocenters. The lowest BCUT2D eigenvalue weighted by Crippen LogP contribution is -2.52. The number of nitrogens with zero attached hydrogens (tertiary/aromatic N) is 1. The molecule has 1 fully saturated rings. The number of nitrogens with two attached hydrogens (primary N) is 1. The Morgan fingerprint density at radius 3 is 2.85 bits per heavy atom. The summed E-state index contributed by atoms with van der Waals surface area (Å²) in [5.41, 5.74) is 8.30. The van der Waals surface area contributed by atoms with Crippen LogP contribution in [0.3, 0.4) is 0 Å². The first-order chi connectivity index (χ1) is 9.75. The van der Waals surface area contributed by atoms with Crippen LogP contribution in [0.1, 0.15) is 5.56 Å².